The van der Waals surface area contributed by atoms with E-state index >= 15 is 0 Å². The molecule has 0 aromatic heterocycles. The summed E-state index contributed by atoms with van der Waals surface area (Å²) in [5.74, 6) is -6.35. The second-order valence-corrected chi connectivity index (χ2v) is 11.9. The van der Waals surface area contributed by atoms with Crippen LogP contribution in [0.1, 0.15) is 50.3 Å². The molecule has 1 amide bonds. The van der Waals surface area contributed by atoms with Crippen LogP contribution >= 0.6 is 24.8 Å². The molecule has 0 radical (unpaired) electrons. The first-order valence-electron chi connectivity index (χ1n) is 13.3. The van der Waals surface area contributed by atoms with Crippen molar-refractivity contribution >= 4 is 48.0 Å². The molecular weight excluding hydrogens is 589 g/mol. The van der Waals surface area contributed by atoms with E-state index in [9.17, 15) is 34.8 Å². The van der Waals surface area contributed by atoms with Gasteiger partial charge in [0.15, 0.2) is 11.4 Å². The Labute approximate surface area is 257 Å². The number of halogens is 2. The Morgan fingerprint density at radius 1 is 1.17 bits per heavy atom. The number of hydrogen-bond donors (Lipinski definition) is 5. The fourth-order valence-corrected chi connectivity index (χ4v) is 6.47. The number of likely N-dealkylation sites (N-methyl/N-ethyl adjacent to an activating group) is 1. The number of rotatable bonds is 7. The van der Waals surface area contributed by atoms with Gasteiger partial charge in [-0.25, -0.2) is 0 Å². The summed E-state index contributed by atoms with van der Waals surface area (Å²) in [6.45, 7) is 6.74. The van der Waals surface area contributed by atoms with Gasteiger partial charge in [-0.15, -0.1) is 24.8 Å². The molecular formula is C29H41Cl2N3O8. The molecule has 234 valence electrons. The summed E-state index contributed by atoms with van der Waals surface area (Å²) >= 11 is 0. The Morgan fingerprint density at radius 3 is 2.26 bits per heavy atom. The zero-order valence-electron chi connectivity index (χ0n) is 24.8. The lowest BCUT2D eigenvalue weighted by molar-refractivity contribution is -0.153. The number of carbonyl (C=O) groups excluding carboxylic acids is 3. The first kappa shape index (κ1) is 35.4. The summed E-state index contributed by atoms with van der Waals surface area (Å²) in [6.07, 6.45) is 1.07. The van der Waals surface area contributed by atoms with Crippen molar-refractivity contribution in [3.05, 3.63) is 39.7 Å². The van der Waals surface area contributed by atoms with Gasteiger partial charge in [0.1, 0.15) is 28.6 Å². The molecule has 1 saturated carbocycles. The molecule has 4 atom stereocenters. The fraction of sp³-hybridized carbons (Fsp3) is 0.552. The quantitative estimate of drug-likeness (QED) is 0.282. The SMILES string of the molecule is CCC(C)(C)N(C)Cc1cc(O)c2c(c1OC)C[C@H]1C[C@H]3[C@H](N(C)C)C(=O)C(C(N)=O)=C(O)[C@@]3(O)C(=O)C1=C2O.Cl.Cl. The third-order valence-corrected chi connectivity index (χ3v) is 9.26. The number of nitrogens with two attached hydrogens (primary N) is 1. The highest BCUT2D eigenvalue weighted by molar-refractivity contribution is 6.24. The van der Waals surface area contributed by atoms with Crippen molar-refractivity contribution in [3.8, 4) is 11.5 Å². The molecule has 3 aliphatic rings. The minimum absolute atomic E-state index is 0. The Balaban J connectivity index is 0.00000308. The van der Waals surface area contributed by atoms with E-state index in [1.807, 2.05) is 7.05 Å². The van der Waals surface area contributed by atoms with Gasteiger partial charge >= 0.3 is 0 Å². The molecule has 6 N–H and O–H groups in total. The number of aliphatic hydroxyl groups is 3. The van der Waals surface area contributed by atoms with Crippen molar-refractivity contribution in [1.82, 2.24) is 9.80 Å². The first-order chi connectivity index (χ1) is 18.5. The number of fused-ring (bicyclic) bond motifs is 3. The van der Waals surface area contributed by atoms with Gasteiger partial charge < -0.3 is 30.9 Å². The number of ketones is 2. The van der Waals surface area contributed by atoms with E-state index in [1.165, 1.54) is 18.1 Å². The third-order valence-electron chi connectivity index (χ3n) is 9.26. The Bertz CT molecular complexity index is 1370. The van der Waals surface area contributed by atoms with Crippen molar-refractivity contribution in [3.63, 3.8) is 0 Å². The zero-order valence-corrected chi connectivity index (χ0v) is 26.5. The molecule has 0 spiro atoms. The predicted molar refractivity (Wildman–Crippen MR) is 161 cm³/mol. The van der Waals surface area contributed by atoms with E-state index in [4.69, 9.17) is 10.5 Å². The predicted octanol–water partition coefficient (Wildman–Crippen LogP) is 2.44. The van der Waals surface area contributed by atoms with Crippen LogP contribution in [0.2, 0.25) is 0 Å². The molecule has 13 heteroatoms. The molecule has 1 fully saturated rings. The lowest BCUT2D eigenvalue weighted by Crippen LogP contribution is -2.65. The van der Waals surface area contributed by atoms with Crippen molar-refractivity contribution in [2.45, 2.75) is 63.8 Å². The molecule has 4 rings (SSSR count). The van der Waals surface area contributed by atoms with Crippen LogP contribution < -0.4 is 10.5 Å². The number of nitrogens with zero attached hydrogens (tertiary/aromatic N) is 2. The lowest BCUT2D eigenvalue weighted by atomic mass is 9.57. The van der Waals surface area contributed by atoms with E-state index in [0.717, 1.165) is 6.42 Å². The molecule has 0 saturated heterocycles. The minimum atomic E-state index is -2.67. The highest BCUT2D eigenvalue weighted by Crippen LogP contribution is 2.54. The maximum absolute atomic E-state index is 13.9. The van der Waals surface area contributed by atoms with Gasteiger partial charge in [0, 0.05) is 34.7 Å². The standard InChI is InChI=1S/C29H39N3O8.2ClH/c1-8-28(2,3)32(6)12-14-11-17(33)19-15(24(14)40-7)9-13-10-16-21(31(4)5)23(35)20(27(30)38)26(37)29(16,39)25(36)18(13)22(19)34;;/h11,13,16,21,33-34,37,39H,8-10,12H2,1-7H3,(H2,30,38);2*1H/t13-,16-,21-,29-;;/m0../s1. The summed E-state index contributed by atoms with van der Waals surface area (Å²) in [5.41, 5.74) is 2.74. The number of benzene rings is 1. The Hall–Kier alpha value is -2.83. The summed E-state index contributed by atoms with van der Waals surface area (Å²) in [4.78, 5) is 42.9. The average Bonchev–Trinajstić information content (AvgIpc) is 2.85. The summed E-state index contributed by atoms with van der Waals surface area (Å²) in [7, 11) is 6.60. The molecule has 11 nitrogen and oxygen atoms in total. The van der Waals surface area contributed by atoms with Crippen LogP contribution in [0.15, 0.2) is 23.0 Å². The van der Waals surface area contributed by atoms with E-state index in [-0.39, 0.29) is 60.1 Å². The smallest absolute Gasteiger partial charge is 0.255 e. The van der Waals surface area contributed by atoms with Crippen molar-refractivity contribution in [1.29, 1.82) is 0 Å². The summed E-state index contributed by atoms with van der Waals surface area (Å²) < 4.78 is 5.79. The normalized spacial score (nSPS) is 25.4. The second-order valence-electron chi connectivity index (χ2n) is 11.9. The van der Waals surface area contributed by atoms with Gasteiger partial charge in [-0.3, -0.25) is 24.2 Å². The third kappa shape index (κ3) is 5.05. The molecule has 1 aromatic carbocycles. The number of aromatic hydroxyl groups is 1. The van der Waals surface area contributed by atoms with Crippen LogP contribution in [0.4, 0.5) is 0 Å². The van der Waals surface area contributed by atoms with Crippen LogP contribution in [0.3, 0.4) is 0 Å². The number of primary amides is 1. The lowest BCUT2D eigenvalue weighted by Gasteiger charge is -2.50. The van der Waals surface area contributed by atoms with Gasteiger partial charge in [0.25, 0.3) is 5.91 Å². The van der Waals surface area contributed by atoms with Crippen LogP contribution in [0.25, 0.3) is 5.76 Å². The van der Waals surface area contributed by atoms with Gasteiger partial charge in [-0.2, -0.15) is 0 Å². The number of hydrogen-bond acceptors (Lipinski definition) is 10. The fourth-order valence-electron chi connectivity index (χ4n) is 6.47. The van der Waals surface area contributed by atoms with Crippen LogP contribution in [0, 0.1) is 11.8 Å². The van der Waals surface area contributed by atoms with Crippen molar-refractivity contribution in [2.75, 3.05) is 28.3 Å². The number of carbonyl (C=O) groups is 3. The number of Topliss-reactive ketones (excluding diaryl/α,β-unsaturated/α-hetero) is 2. The Kier molecular flexibility index (Phi) is 10.1. The Morgan fingerprint density at radius 2 is 1.76 bits per heavy atom. The molecule has 1 aromatic rings. The van der Waals surface area contributed by atoms with E-state index in [1.54, 1.807) is 14.1 Å². The largest absolute Gasteiger partial charge is 0.508 e. The molecule has 0 aliphatic heterocycles. The maximum atomic E-state index is 13.9. The van der Waals surface area contributed by atoms with E-state index < -0.39 is 58.0 Å². The summed E-state index contributed by atoms with van der Waals surface area (Å²) in [5, 5.41) is 45.2. The van der Waals surface area contributed by atoms with Gasteiger partial charge in [0.05, 0.1) is 18.7 Å². The maximum Gasteiger partial charge on any atom is 0.255 e. The van der Waals surface area contributed by atoms with Gasteiger partial charge in [-0.05, 0) is 66.2 Å². The number of ether oxygens (including phenoxy) is 1. The van der Waals surface area contributed by atoms with Crippen molar-refractivity contribution < 1.29 is 39.5 Å². The van der Waals surface area contributed by atoms with Crippen LogP contribution in [-0.2, 0) is 27.3 Å². The van der Waals surface area contributed by atoms with Crippen molar-refractivity contribution in [2.24, 2.45) is 17.6 Å². The molecule has 3 aliphatic carbocycles. The van der Waals surface area contributed by atoms with Gasteiger partial charge in [-0.1, -0.05) is 6.92 Å². The second kappa shape index (κ2) is 12.0. The summed E-state index contributed by atoms with van der Waals surface area (Å²) in [6, 6.07) is 0.357. The topological polar surface area (TPSA) is 174 Å². The number of phenols is 1. The number of methoxy groups -OCH3 is 1. The average molecular weight is 631 g/mol. The van der Waals surface area contributed by atoms with Crippen LogP contribution in [-0.4, -0.2) is 93.1 Å². The molecule has 0 unspecified atom stereocenters. The highest BCUT2D eigenvalue weighted by Gasteiger charge is 2.64. The first-order valence-corrected chi connectivity index (χ1v) is 13.3. The van der Waals surface area contributed by atoms with Crippen LogP contribution in [0.5, 0.6) is 11.5 Å². The number of amides is 1. The molecule has 0 bridgehead atoms. The monoisotopic (exact) mass is 629 g/mol. The molecule has 0 heterocycles. The van der Waals surface area contributed by atoms with Gasteiger partial charge in [0.2, 0.25) is 5.78 Å². The zero-order chi connectivity index (χ0) is 30.1. The number of aliphatic hydroxyl groups excluding tert-OH is 2. The van der Waals surface area contributed by atoms with E-state index in [0.29, 0.717) is 23.4 Å². The minimum Gasteiger partial charge on any atom is -0.508 e. The number of phenolic OH excluding ortho intramolecular Hbond substituents is 1. The molecule has 42 heavy (non-hydrogen) atoms. The van der Waals surface area contributed by atoms with E-state index in [2.05, 4.69) is 25.7 Å². The highest BCUT2D eigenvalue weighted by atomic mass is 35.5.